The Hall–Kier alpha value is -3.13. The number of carbonyl (C=O) groups excluding carboxylic acids is 1. The van der Waals surface area contributed by atoms with Gasteiger partial charge in [0.15, 0.2) is 5.13 Å². The zero-order valence-corrected chi connectivity index (χ0v) is 14.1. The second kappa shape index (κ2) is 6.64. The van der Waals surface area contributed by atoms with E-state index in [1.807, 2.05) is 0 Å². The fraction of sp³-hybridized carbons (Fsp3) is 0.0556. The van der Waals surface area contributed by atoms with Gasteiger partial charge in [-0.05, 0) is 42.5 Å². The van der Waals surface area contributed by atoms with Crippen molar-refractivity contribution >= 4 is 32.6 Å². The topological polar surface area (TPSA) is 61.9 Å². The fourth-order valence-electron chi connectivity index (χ4n) is 2.52. The van der Waals surface area contributed by atoms with Gasteiger partial charge >= 0.3 is 0 Å². The summed E-state index contributed by atoms with van der Waals surface area (Å²) in [6.45, 7) is 0.207. The predicted octanol–water partition coefficient (Wildman–Crippen LogP) is 4.14. The van der Waals surface area contributed by atoms with Gasteiger partial charge in [-0.1, -0.05) is 11.3 Å². The lowest BCUT2D eigenvalue weighted by molar-refractivity contribution is 0.0985. The van der Waals surface area contributed by atoms with Crippen molar-refractivity contribution in [2.75, 3.05) is 4.90 Å². The average Bonchev–Trinajstić information content (AvgIpc) is 3.28. The quantitative estimate of drug-likeness (QED) is 0.587. The SMILES string of the molecule is O=C(c1ccc(F)cc1)N(Cc1cnc[nH]1)c1nc2ccc(F)cc2s1. The van der Waals surface area contributed by atoms with Crippen LogP contribution in [-0.2, 0) is 6.54 Å². The van der Waals surface area contributed by atoms with Crippen LogP contribution in [0.2, 0.25) is 0 Å². The van der Waals surface area contributed by atoms with Gasteiger partial charge in [0, 0.05) is 11.8 Å². The summed E-state index contributed by atoms with van der Waals surface area (Å²) < 4.78 is 27.3. The first-order valence-electron chi connectivity index (χ1n) is 7.71. The number of hydrogen-bond acceptors (Lipinski definition) is 4. The molecule has 0 aliphatic heterocycles. The molecule has 1 amide bonds. The normalized spacial score (nSPS) is 11.0. The first-order valence-corrected chi connectivity index (χ1v) is 8.52. The number of aromatic nitrogens is 3. The third kappa shape index (κ3) is 3.18. The standard InChI is InChI=1S/C18H12F2N4OS/c19-12-3-1-11(2-4-12)17(25)24(9-14-8-21-10-22-14)18-23-15-6-5-13(20)7-16(15)26-18/h1-8,10H,9H2,(H,21,22). The number of anilines is 1. The molecular weight excluding hydrogens is 358 g/mol. The Morgan fingerprint density at radius 2 is 1.88 bits per heavy atom. The minimum absolute atomic E-state index is 0.207. The highest BCUT2D eigenvalue weighted by Gasteiger charge is 2.22. The molecule has 0 radical (unpaired) electrons. The number of imidazole rings is 1. The molecule has 0 aliphatic carbocycles. The van der Waals surface area contributed by atoms with E-state index in [9.17, 15) is 13.6 Å². The van der Waals surface area contributed by atoms with Crippen LogP contribution < -0.4 is 4.90 Å². The van der Waals surface area contributed by atoms with E-state index in [0.717, 1.165) is 0 Å². The molecule has 0 aliphatic rings. The summed E-state index contributed by atoms with van der Waals surface area (Å²) in [4.78, 5) is 25.8. The number of halogens is 2. The predicted molar refractivity (Wildman–Crippen MR) is 95.1 cm³/mol. The molecule has 5 nitrogen and oxygen atoms in total. The lowest BCUT2D eigenvalue weighted by Gasteiger charge is -2.19. The largest absolute Gasteiger partial charge is 0.347 e. The lowest BCUT2D eigenvalue weighted by Crippen LogP contribution is -2.30. The van der Waals surface area contributed by atoms with Crippen molar-refractivity contribution in [2.45, 2.75) is 6.54 Å². The maximum absolute atomic E-state index is 13.5. The van der Waals surface area contributed by atoms with Gasteiger partial charge in [0.1, 0.15) is 11.6 Å². The van der Waals surface area contributed by atoms with Crippen LogP contribution in [0.25, 0.3) is 10.2 Å². The van der Waals surface area contributed by atoms with Gasteiger partial charge in [0.05, 0.1) is 28.8 Å². The van der Waals surface area contributed by atoms with Gasteiger partial charge < -0.3 is 4.98 Å². The Labute approximate surface area is 150 Å². The van der Waals surface area contributed by atoms with Gasteiger partial charge in [-0.2, -0.15) is 0 Å². The highest BCUT2D eigenvalue weighted by Crippen LogP contribution is 2.31. The van der Waals surface area contributed by atoms with Crippen molar-refractivity contribution in [3.8, 4) is 0 Å². The van der Waals surface area contributed by atoms with Crippen molar-refractivity contribution in [3.05, 3.63) is 77.9 Å². The molecule has 2 heterocycles. The van der Waals surface area contributed by atoms with E-state index in [2.05, 4.69) is 15.0 Å². The van der Waals surface area contributed by atoms with E-state index in [-0.39, 0.29) is 18.3 Å². The minimum Gasteiger partial charge on any atom is -0.347 e. The zero-order chi connectivity index (χ0) is 18.1. The first kappa shape index (κ1) is 16.3. The van der Waals surface area contributed by atoms with Crippen LogP contribution >= 0.6 is 11.3 Å². The number of fused-ring (bicyclic) bond motifs is 1. The molecule has 0 unspecified atom stereocenters. The second-order valence-corrected chi connectivity index (χ2v) is 6.59. The molecule has 130 valence electrons. The Balaban J connectivity index is 1.76. The van der Waals surface area contributed by atoms with E-state index in [1.165, 1.54) is 59.0 Å². The Bertz CT molecular complexity index is 1060. The van der Waals surface area contributed by atoms with E-state index >= 15 is 0 Å². The molecule has 1 N–H and O–H groups in total. The Kier molecular flexibility index (Phi) is 4.18. The molecule has 8 heteroatoms. The number of thiazole rings is 1. The molecule has 0 bridgehead atoms. The van der Waals surface area contributed by atoms with E-state index in [4.69, 9.17) is 0 Å². The number of benzene rings is 2. The van der Waals surface area contributed by atoms with Crippen molar-refractivity contribution in [3.63, 3.8) is 0 Å². The van der Waals surface area contributed by atoms with Crippen molar-refractivity contribution < 1.29 is 13.6 Å². The number of rotatable bonds is 4. The number of aromatic amines is 1. The average molecular weight is 370 g/mol. The molecule has 4 rings (SSSR count). The number of nitrogens with one attached hydrogen (secondary N) is 1. The van der Waals surface area contributed by atoms with E-state index in [1.54, 1.807) is 12.3 Å². The third-order valence-corrected chi connectivity index (χ3v) is 4.83. The van der Waals surface area contributed by atoms with Gasteiger partial charge in [0.25, 0.3) is 5.91 Å². The molecule has 0 saturated carbocycles. The van der Waals surface area contributed by atoms with Gasteiger partial charge in [-0.3, -0.25) is 9.69 Å². The van der Waals surface area contributed by atoms with Crippen molar-refractivity contribution in [1.82, 2.24) is 15.0 Å². The zero-order valence-electron chi connectivity index (χ0n) is 13.3. The number of carbonyl (C=O) groups is 1. The summed E-state index contributed by atoms with van der Waals surface area (Å²) in [5.74, 6) is -1.12. The molecular formula is C18H12F2N4OS. The molecule has 0 fully saturated rings. The Morgan fingerprint density at radius 3 is 2.62 bits per heavy atom. The summed E-state index contributed by atoms with van der Waals surface area (Å²) >= 11 is 1.21. The number of H-pyrrole nitrogens is 1. The highest BCUT2D eigenvalue weighted by atomic mass is 32.1. The van der Waals surface area contributed by atoms with E-state index < -0.39 is 5.82 Å². The number of amides is 1. The molecule has 0 saturated heterocycles. The molecule has 0 spiro atoms. The molecule has 4 aromatic rings. The summed E-state index contributed by atoms with van der Waals surface area (Å²) in [5, 5.41) is 0.425. The maximum atomic E-state index is 13.5. The molecule has 2 aromatic carbocycles. The van der Waals surface area contributed by atoms with Crippen LogP contribution in [0.3, 0.4) is 0 Å². The van der Waals surface area contributed by atoms with Crippen molar-refractivity contribution in [2.24, 2.45) is 0 Å². The number of hydrogen-bond donors (Lipinski definition) is 1. The summed E-state index contributed by atoms with van der Waals surface area (Å²) in [6, 6.07) is 9.58. The molecule has 2 aromatic heterocycles. The minimum atomic E-state index is -0.419. The van der Waals surface area contributed by atoms with Gasteiger partial charge in [-0.15, -0.1) is 0 Å². The van der Waals surface area contributed by atoms with Crippen LogP contribution in [0.4, 0.5) is 13.9 Å². The van der Waals surface area contributed by atoms with Crippen LogP contribution in [0.1, 0.15) is 16.1 Å². The summed E-state index contributed by atoms with van der Waals surface area (Å²) in [7, 11) is 0. The smallest absolute Gasteiger partial charge is 0.260 e. The third-order valence-electron chi connectivity index (χ3n) is 3.79. The van der Waals surface area contributed by atoms with Crippen molar-refractivity contribution in [1.29, 1.82) is 0 Å². The summed E-state index contributed by atoms with van der Waals surface area (Å²) in [5.41, 5.74) is 1.65. The van der Waals surface area contributed by atoms with Crippen LogP contribution in [-0.4, -0.2) is 20.9 Å². The lowest BCUT2D eigenvalue weighted by atomic mass is 10.2. The van der Waals surface area contributed by atoms with Gasteiger partial charge in [-0.25, -0.2) is 18.7 Å². The van der Waals surface area contributed by atoms with Crippen LogP contribution in [0, 0.1) is 11.6 Å². The number of nitrogens with zero attached hydrogens (tertiary/aromatic N) is 3. The van der Waals surface area contributed by atoms with Crippen LogP contribution in [0.5, 0.6) is 0 Å². The summed E-state index contributed by atoms with van der Waals surface area (Å²) in [6.07, 6.45) is 3.13. The molecule has 0 atom stereocenters. The fourth-order valence-corrected chi connectivity index (χ4v) is 3.51. The molecule has 26 heavy (non-hydrogen) atoms. The highest BCUT2D eigenvalue weighted by molar-refractivity contribution is 7.22. The second-order valence-electron chi connectivity index (χ2n) is 5.58. The first-order chi connectivity index (χ1) is 12.6. The van der Waals surface area contributed by atoms with E-state index in [0.29, 0.717) is 26.6 Å². The Morgan fingerprint density at radius 1 is 1.12 bits per heavy atom. The van der Waals surface area contributed by atoms with Crippen LogP contribution in [0.15, 0.2) is 55.0 Å². The monoisotopic (exact) mass is 370 g/mol. The van der Waals surface area contributed by atoms with Gasteiger partial charge in [0.2, 0.25) is 0 Å². The maximum Gasteiger partial charge on any atom is 0.260 e.